The predicted octanol–water partition coefficient (Wildman–Crippen LogP) is 20.4. The van der Waals surface area contributed by atoms with E-state index in [9.17, 15) is 0 Å². The van der Waals surface area contributed by atoms with Gasteiger partial charge in [-0.2, -0.15) is 0 Å². The maximum absolute atomic E-state index is 8.01. The van der Waals surface area contributed by atoms with Crippen molar-refractivity contribution in [3.8, 4) is 10.6 Å². The van der Waals surface area contributed by atoms with Crippen LogP contribution in [0.2, 0.25) is 0 Å². The molecule has 0 aliphatic heterocycles. The van der Waals surface area contributed by atoms with Crippen LogP contribution in [0.1, 0.15) is 177 Å². The standard InChI is InChI=1S/C28H31N2S.2C12H18N.C7H8.Y/c1-18(2)21-12-9-13-22(19(3)4)27(21)30-28(5,6)26-16-10-14-23(29-26)25-17-20-11-7-8-15-24(20)31-25;2*1-8(2)10-6-5-7-11(9(3)4)12(10)13;1-7-5-3-2-4-6-7;/h7-19H,1-6H3;2*5-9,13H,1-4H3;2-6H,1H3;/q3*-1;;+3. The summed E-state index contributed by atoms with van der Waals surface area (Å²) in [4.78, 5) is 6.27. The van der Waals surface area contributed by atoms with E-state index in [0.717, 1.165) is 50.7 Å². The van der Waals surface area contributed by atoms with Gasteiger partial charge in [0, 0.05) is 10.4 Å². The van der Waals surface area contributed by atoms with Crippen molar-refractivity contribution in [1.29, 1.82) is 0 Å². The first-order valence-electron chi connectivity index (χ1n) is 23.3. The molecule has 0 bridgehead atoms. The average molecular weight is 961 g/mol. The second-order valence-electron chi connectivity index (χ2n) is 19.2. The fourth-order valence-corrected chi connectivity index (χ4v) is 8.67. The molecule has 2 heterocycles. The Kier molecular flexibility index (Phi) is 21.7. The molecule has 0 aliphatic rings. The van der Waals surface area contributed by atoms with Crippen LogP contribution in [-0.2, 0) is 38.2 Å². The molecular weight excluding hydrogens is 886 g/mol. The second kappa shape index (κ2) is 25.6. The average Bonchev–Trinajstić information content (AvgIpc) is 3.69. The van der Waals surface area contributed by atoms with Crippen LogP contribution in [0.25, 0.3) is 37.4 Å². The van der Waals surface area contributed by atoms with Crippen LogP contribution in [-0.4, -0.2) is 4.98 Å². The van der Waals surface area contributed by atoms with Crippen LogP contribution in [0.15, 0.2) is 133 Å². The SMILES string of the molecule is CC(C)c1cccc(C(C)C)c1[N-]C(C)(C)c1cccc(-c2cc3ccccc3s2)n1.CC(C)c1cccc(C(C)C)c1[NH-].CC(C)c1cccc(C(C)C)c1[NH-].Cc1ccccc1.[Y+3]. The maximum Gasteiger partial charge on any atom is 3.00 e. The molecule has 0 atom stereocenters. The number of hydrogen-bond donors (Lipinski definition) is 0. The number of nitrogens with one attached hydrogen (secondary N) is 2. The Hall–Kier alpha value is -4.29. The summed E-state index contributed by atoms with van der Waals surface area (Å²) in [5.74, 6) is 2.65. The molecule has 0 unspecified atom stereocenters. The summed E-state index contributed by atoms with van der Waals surface area (Å²) in [6.45, 7) is 32.5. The summed E-state index contributed by atoms with van der Waals surface area (Å²) < 4.78 is 1.29. The van der Waals surface area contributed by atoms with Gasteiger partial charge in [0.25, 0.3) is 0 Å². The molecule has 4 nitrogen and oxygen atoms in total. The first kappa shape index (κ1) is 55.0. The van der Waals surface area contributed by atoms with E-state index >= 15 is 0 Å². The third-order valence-electron chi connectivity index (χ3n) is 11.5. The number of para-hydroxylation sites is 1. The molecule has 0 saturated carbocycles. The van der Waals surface area contributed by atoms with Gasteiger partial charge in [-0.25, -0.2) is 0 Å². The number of benzene rings is 5. The molecular formula is C59H75N4SY. The largest absolute Gasteiger partial charge is 3.00 e. The Morgan fingerprint density at radius 1 is 0.477 bits per heavy atom. The van der Waals surface area contributed by atoms with Crippen LogP contribution in [0.3, 0.4) is 0 Å². The van der Waals surface area contributed by atoms with E-state index in [1.165, 1.54) is 31.7 Å². The topological polar surface area (TPSA) is 74.6 Å². The van der Waals surface area contributed by atoms with Gasteiger partial charge in [-0.15, -0.1) is 28.4 Å². The van der Waals surface area contributed by atoms with Crippen LogP contribution in [0.4, 0.5) is 17.1 Å². The van der Waals surface area contributed by atoms with Gasteiger partial charge in [0.1, 0.15) is 0 Å². The van der Waals surface area contributed by atoms with Gasteiger partial charge in [-0.3, -0.25) is 4.98 Å². The van der Waals surface area contributed by atoms with Crippen molar-refractivity contribution in [2.45, 2.75) is 145 Å². The third kappa shape index (κ3) is 15.4. The van der Waals surface area contributed by atoms with E-state index in [-0.39, 0.29) is 32.7 Å². The molecule has 6 heteroatoms. The third-order valence-corrected chi connectivity index (χ3v) is 12.6. The quantitative estimate of drug-likeness (QED) is 0.135. The van der Waals surface area contributed by atoms with Gasteiger partial charge in [0.2, 0.25) is 0 Å². The Morgan fingerprint density at radius 3 is 1.25 bits per heavy atom. The van der Waals surface area contributed by atoms with E-state index in [1.54, 1.807) is 11.3 Å². The molecule has 0 saturated heterocycles. The van der Waals surface area contributed by atoms with E-state index < -0.39 is 5.54 Å². The van der Waals surface area contributed by atoms with Crippen LogP contribution in [0.5, 0.6) is 0 Å². The zero-order valence-electron chi connectivity index (χ0n) is 42.0. The number of aryl methyl sites for hydroxylation is 1. The molecule has 340 valence electrons. The zero-order chi connectivity index (χ0) is 47.3. The smallest absolute Gasteiger partial charge is 0.698 e. The van der Waals surface area contributed by atoms with Crippen molar-refractivity contribution in [2.24, 2.45) is 0 Å². The summed E-state index contributed by atoms with van der Waals surface area (Å²) in [6, 6.07) is 46.2. The van der Waals surface area contributed by atoms with Crippen molar-refractivity contribution >= 4 is 38.5 Å². The number of aromatic nitrogens is 1. The number of pyridine rings is 1. The second-order valence-corrected chi connectivity index (χ2v) is 20.3. The summed E-state index contributed by atoms with van der Waals surface area (Å²) in [6.07, 6.45) is 0. The minimum absolute atomic E-state index is 0. The van der Waals surface area contributed by atoms with E-state index in [4.69, 9.17) is 21.8 Å². The van der Waals surface area contributed by atoms with Crippen molar-refractivity contribution < 1.29 is 32.7 Å². The number of rotatable bonds is 10. The molecule has 2 aromatic heterocycles. The number of nitrogens with zero attached hydrogens (tertiary/aromatic N) is 2. The molecule has 0 spiro atoms. The molecule has 7 aromatic rings. The van der Waals surface area contributed by atoms with Crippen molar-refractivity contribution in [1.82, 2.24) is 4.98 Å². The summed E-state index contributed by atoms with van der Waals surface area (Å²) >= 11 is 1.79. The van der Waals surface area contributed by atoms with Gasteiger partial charge in [-0.1, -0.05) is 251 Å². The Labute approximate surface area is 423 Å². The van der Waals surface area contributed by atoms with Gasteiger partial charge in [0.15, 0.2) is 0 Å². The molecule has 5 aromatic carbocycles. The molecule has 0 amide bonds. The number of hydrogen-bond acceptors (Lipinski definition) is 2. The van der Waals surface area contributed by atoms with Crippen molar-refractivity contribution in [3.05, 3.63) is 195 Å². The van der Waals surface area contributed by atoms with E-state index in [0.29, 0.717) is 35.5 Å². The first-order valence-corrected chi connectivity index (χ1v) is 24.1. The summed E-state index contributed by atoms with van der Waals surface area (Å²) in [7, 11) is 0. The Balaban J connectivity index is 0.000000271. The molecule has 0 aliphatic carbocycles. The van der Waals surface area contributed by atoms with Crippen molar-refractivity contribution in [3.63, 3.8) is 0 Å². The Morgan fingerprint density at radius 2 is 0.862 bits per heavy atom. The monoisotopic (exact) mass is 960 g/mol. The molecule has 0 fully saturated rings. The van der Waals surface area contributed by atoms with Crippen LogP contribution in [0, 0.1) is 6.92 Å². The normalized spacial score (nSPS) is 11.2. The molecule has 7 rings (SSSR count). The van der Waals surface area contributed by atoms with Gasteiger partial charge < -0.3 is 16.8 Å². The fourth-order valence-electron chi connectivity index (χ4n) is 7.63. The molecule has 2 N–H and O–H groups in total. The number of thiophene rings is 1. The summed E-state index contributed by atoms with van der Waals surface area (Å²) in [5.41, 5.74) is 28.8. The van der Waals surface area contributed by atoms with E-state index in [2.05, 4.69) is 219 Å². The molecule has 0 radical (unpaired) electrons. The minimum Gasteiger partial charge on any atom is -0.698 e. The first-order chi connectivity index (χ1) is 30.2. The Bertz CT molecular complexity index is 2340. The van der Waals surface area contributed by atoms with Gasteiger partial charge >= 0.3 is 32.7 Å². The van der Waals surface area contributed by atoms with Crippen LogP contribution < -0.4 is 0 Å². The van der Waals surface area contributed by atoms with Gasteiger partial charge in [0.05, 0.1) is 10.6 Å². The maximum atomic E-state index is 8.01. The predicted molar refractivity (Wildman–Crippen MR) is 284 cm³/mol. The zero-order valence-corrected chi connectivity index (χ0v) is 45.7. The molecule has 65 heavy (non-hydrogen) atoms. The summed E-state index contributed by atoms with van der Waals surface area (Å²) in [5, 5.41) is 6.59. The van der Waals surface area contributed by atoms with Gasteiger partial charge in [-0.05, 0) is 72.1 Å². The van der Waals surface area contributed by atoms with E-state index in [1.807, 2.05) is 18.2 Å². The minimum atomic E-state index is -0.429. The number of fused-ring (bicyclic) bond motifs is 1. The van der Waals surface area contributed by atoms with Crippen molar-refractivity contribution in [2.75, 3.05) is 0 Å². The fraction of sp³-hybridized carbons (Fsp3) is 0.373. The van der Waals surface area contributed by atoms with Crippen LogP contribution >= 0.6 is 11.3 Å².